The highest BCUT2D eigenvalue weighted by molar-refractivity contribution is 5.98. The summed E-state index contributed by atoms with van der Waals surface area (Å²) < 4.78 is 0. The number of nitrogens with one attached hydrogen (secondary N) is 2. The van der Waals surface area contributed by atoms with Crippen molar-refractivity contribution in [3.63, 3.8) is 0 Å². The molecule has 0 aliphatic heterocycles. The van der Waals surface area contributed by atoms with Crippen molar-refractivity contribution < 1.29 is 9.59 Å². The van der Waals surface area contributed by atoms with Crippen LogP contribution in [-0.2, 0) is 4.79 Å². The van der Waals surface area contributed by atoms with Crippen molar-refractivity contribution in [3.05, 3.63) is 34.2 Å². The predicted molar refractivity (Wildman–Crippen MR) is 57.8 cm³/mol. The molecule has 1 heterocycles. The molecule has 6 nitrogen and oxygen atoms in total. The Morgan fingerprint density at radius 2 is 2.06 bits per heavy atom. The number of aromatic nitrogens is 1. The molecule has 2 amide bonds. The third-order valence-electron chi connectivity index (χ3n) is 2.08. The van der Waals surface area contributed by atoms with E-state index in [4.69, 9.17) is 5.73 Å². The second kappa shape index (κ2) is 4.18. The van der Waals surface area contributed by atoms with Crippen LogP contribution < -0.4 is 16.6 Å². The average molecular weight is 223 g/mol. The van der Waals surface area contributed by atoms with E-state index in [1.165, 1.54) is 26.1 Å². The van der Waals surface area contributed by atoms with Gasteiger partial charge < -0.3 is 16.0 Å². The standard InChI is InChI=1S/C10H13N3O3/c1-10(2,9(11)16)13-8(15)6-3-4-12-7(14)5-6/h3-5H,1-2H3,(H2,11,16)(H,12,14)(H,13,15). The van der Waals surface area contributed by atoms with Gasteiger partial charge in [-0.2, -0.15) is 0 Å². The largest absolute Gasteiger partial charge is 0.368 e. The molecule has 0 bridgehead atoms. The maximum Gasteiger partial charge on any atom is 0.252 e. The fourth-order valence-electron chi connectivity index (χ4n) is 1.00. The first-order chi connectivity index (χ1) is 7.33. The number of hydrogen-bond donors (Lipinski definition) is 3. The molecule has 1 aromatic rings. The molecule has 4 N–H and O–H groups in total. The minimum atomic E-state index is -1.15. The number of nitrogens with two attached hydrogens (primary N) is 1. The number of carbonyl (C=O) groups excluding carboxylic acids is 2. The molecule has 0 saturated heterocycles. The summed E-state index contributed by atoms with van der Waals surface area (Å²) in [6.45, 7) is 2.97. The first kappa shape index (κ1) is 12.0. The molecule has 6 heteroatoms. The normalized spacial score (nSPS) is 10.9. The van der Waals surface area contributed by atoms with Crippen molar-refractivity contribution in [1.29, 1.82) is 0 Å². The Hall–Kier alpha value is -2.11. The van der Waals surface area contributed by atoms with Crippen LogP contribution in [-0.4, -0.2) is 22.3 Å². The SMILES string of the molecule is CC(C)(NC(=O)c1cc[nH]c(=O)c1)C(N)=O. The van der Waals surface area contributed by atoms with E-state index in [0.29, 0.717) is 0 Å². The molecular formula is C10H13N3O3. The van der Waals surface area contributed by atoms with Crippen LogP contribution in [0.2, 0.25) is 0 Å². The van der Waals surface area contributed by atoms with Gasteiger partial charge in [-0.1, -0.05) is 0 Å². The Morgan fingerprint density at radius 3 is 2.56 bits per heavy atom. The summed E-state index contributed by atoms with van der Waals surface area (Å²) >= 11 is 0. The van der Waals surface area contributed by atoms with Crippen LogP contribution in [0, 0.1) is 0 Å². The van der Waals surface area contributed by atoms with Crippen molar-refractivity contribution in [3.8, 4) is 0 Å². The van der Waals surface area contributed by atoms with Crippen molar-refractivity contribution in [1.82, 2.24) is 10.3 Å². The fraction of sp³-hybridized carbons (Fsp3) is 0.300. The van der Waals surface area contributed by atoms with Gasteiger partial charge in [0, 0.05) is 17.8 Å². The summed E-state index contributed by atoms with van der Waals surface area (Å²) in [6.07, 6.45) is 1.36. The van der Waals surface area contributed by atoms with E-state index in [2.05, 4.69) is 10.3 Å². The quantitative estimate of drug-likeness (QED) is 0.635. The summed E-state index contributed by atoms with van der Waals surface area (Å²) in [5, 5.41) is 2.43. The Balaban J connectivity index is 2.89. The molecular weight excluding hydrogens is 210 g/mol. The van der Waals surface area contributed by atoms with E-state index >= 15 is 0 Å². The van der Waals surface area contributed by atoms with Gasteiger partial charge in [0.25, 0.3) is 5.91 Å². The van der Waals surface area contributed by atoms with Crippen LogP contribution in [0.5, 0.6) is 0 Å². The zero-order valence-corrected chi connectivity index (χ0v) is 9.03. The smallest absolute Gasteiger partial charge is 0.252 e. The van der Waals surface area contributed by atoms with Crippen LogP contribution in [0.4, 0.5) is 0 Å². The molecule has 0 atom stereocenters. The minimum absolute atomic E-state index is 0.179. The van der Waals surface area contributed by atoms with Crippen LogP contribution in [0.1, 0.15) is 24.2 Å². The van der Waals surface area contributed by atoms with Gasteiger partial charge in [-0.15, -0.1) is 0 Å². The van der Waals surface area contributed by atoms with Crippen LogP contribution in [0.25, 0.3) is 0 Å². The second-order valence-electron chi connectivity index (χ2n) is 3.88. The van der Waals surface area contributed by atoms with E-state index < -0.39 is 17.4 Å². The summed E-state index contributed by atoms with van der Waals surface area (Å²) in [4.78, 5) is 36.0. The second-order valence-corrected chi connectivity index (χ2v) is 3.88. The lowest BCUT2D eigenvalue weighted by Gasteiger charge is -2.22. The van der Waals surface area contributed by atoms with Gasteiger partial charge in [0.15, 0.2) is 0 Å². The van der Waals surface area contributed by atoms with Crippen molar-refractivity contribution in [2.24, 2.45) is 5.73 Å². The van der Waals surface area contributed by atoms with Crippen molar-refractivity contribution in [2.75, 3.05) is 0 Å². The molecule has 0 spiro atoms. The third kappa shape index (κ3) is 2.69. The van der Waals surface area contributed by atoms with E-state index in [9.17, 15) is 14.4 Å². The first-order valence-electron chi connectivity index (χ1n) is 4.64. The molecule has 1 aromatic heterocycles. The maximum atomic E-state index is 11.6. The van der Waals surface area contributed by atoms with E-state index in [0.717, 1.165) is 6.07 Å². The summed E-state index contributed by atoms with van der Waals surface area (Å²) in [5.74, 6) is -1.17. The van der Waals surface area contributed by atoms with Crippen LogP contribution >= 0.6 is 0 Å². The Labute approximate surface area is 91.9 Å². The number of hydrogen-bond acceptors (Lipinski definition) is 3. The van der Waals surface area contributed by atoms with Gasteiger partial charge in [-0.3, -0.25) is 14.4 Å². The maximum absolute atomic E-state index is 11.6. The zero-order chi connectivity index (χ0) is 12.3. The Morgan fingerprint density at radius 1 is 1.44 bits per heavy atom. The molecule has 0 fully saturated rings. The number of amides is 2. The fourth-order valence-corrected chi connectivity index (χ4v) is 1.00. The number of carbonyl (C=O) groups is 2. The molecule has 86 valence electrons. The van der Waals surface area contributed by atoms with Gasteiger partial charge in [0.2, 0.25) is 11.5 Å². The summed E-state index contributed by atoms with van der Waals surface area (Å²) in [6, 6.07) is 2.58. The van der Waals surface area contributed by atoms with E-state index in [1.54, 1.807) is 0 Å². The topological polar surface area (TPSA) is 105 Å². The molecule has 0 saturated carbocycles. The van der Waals surface area contributed by atoms with E-state index in [1.807, 2.05) is 0 Å². The molecule has 16 heavy (non-hydrogen) atoms. The van der Waals surface area contributed by atoms with Gasteiger partial charge in [0.1, 0.15) is 5.54 Å². The lowest BCUT2D eigenvalue weighted by molar-refractivity contribution is -0.122. The number of aromatic amines is 1. The predicted octanol–water partition coefficient (Wildman–Crippen LogP) is -0.631. The lowest BCUT2D eigenvalue weighted by Crippen LogP contribution is -2.53. The van der Waals surface area contributed by atoms with Crippen molar-refractivity contribution >= 4 is 11.8 Å². The van der Waals surface area contributed by atoms with Gasteiger partial charge in [-0.25, -0.2) is 0 Å². The molecule has 0 aliphatic rings. The molecule has 0 aromatic carbocycles. The number of pyridine rings is 1. The first-order valence-corrected chi connectivity index (χ1v) is 4.64. The molecule has 0 unspecified atom stereocenters. The monoisotopic (exact) mass is 223 g/mol. The summed E-state index contributed by atoms with van der Waals surface area (Å²) in [7, 11) is 0. The zero-order valence-electron chi connectivity index (χ0n) is 9.03. The molecule has 0 radical (unpaired) electrons. The molecule has 0 aliphatic carbocycles. The van der Waals surface area contributed by atoms with Crippen LogP contribution in [0.3, 0.4) is 0 Å². The van der Waals surface area contributed by atoms with E-state index in [-0.39, 0.29) is 11.1 Å². The minimum Gasteiger partial charge on any atom is -0.368 e. The highest BCUT2D eigenvalue weighted by Crippen LogP contribution is 2.03. The highest BCUT2D eigenvalue weighted by atomic mass is 16.2. The van der Waals surface area contributed by atoms with Gasteiger partial charge in [-0.05, 0) is 19.9 Å². The lowest BCUT2D eigenvalue weighted by atomic mass is 10.0. The average Bonchev–Trinajstić information content (AvgIpc) is 2.16. The number of rotatable bonds is 3. The van der Waals surface area contributed by atoms with Crippen LogP contribution in [0.15, 0.2) is 23.1 Å². The molecule has 1 rings (SSSR count). The highest BCUT2D eigenvalue weighted by Gasteiger charge is 2.27. The van der Waals surface area contributed by atoms with Gasteiger partial charge >= 0.3 is 0 Å². The number of primary amides is 1. The summed E-state index contributed by atoms with van der Waals surface area (Å²) in [5.41, 5.74) is 3.75. The third-order valence-corrected chi connectivity index (χ3v) is 2.08. The Bertz CT molecular complexity index is 476. The Kier molecular flexibility index (Phi) is 3.12. The van der Waals surface area contributed by atoms with Crippen molar-refractivity contribution in [2.45, 2.75) is 19.4 Å². The van der Waals surface area contributed by atoms with Gasteiger partial charge in [0.05, 0.1) is 0 Å². The number of H-pyrrole nitrogens is 1.